The third-order valence-corrected chi connectivity index (χ3v) is 2.71. The Labute approximate surface area is 112 Å². The minimum Gasteiger partial charge on any atom is -0.456 e. The molecule has 100 valence electrons. The summed E-state index contributed by atoms with van der Waals surface area (Å²) in [6.45, 7) is 3.65. The second-order valence-electron chi connectivity index (χ2n) is 4.72. The molecule has 0 saturated carbocycles. The van der Waals surface area contributed by atoms with Crippen molar-refractivity contribution in [3.05, 3.63) is 53.6 Å². The summed E-state index contributed by atoms with van der Waals surface area (Å²) in [5, 5.41) is 0. The Hall–Kier alpha value is -1.94. The molecule has 2 aromatic rings. The van der Waals surface area contributed by atoms with Gasteiger partial charge in [0, 0.05) is 18.3 Å². The summed E-state index contributed by atoms with van der Waals surface area (Å²) in [5.74, 6) is 0.765. The van der Waals surface area contributed by atoms with Gasteiger partial charge in [-0.3, -0.25) is 4.98 Å². The van der Waals surface area contributed by atoms with E-state index in [-0.39, 0.29) is 11.9 Å². The SMILES string of the molecule is Cc1ccc(Oc2cncc(CC(C)N)c2)cc1F. The Morgan fingerprint density at radius 2 is 2.05 bits per heavy atom. The van der Waals surface area contributed by atoms with Crippen molar-refractivity contribution in [2.45, 2.75) is 26.3 Å². The van der Waals surface area contributed by atoms with Crippen LogP contribution < -0.4 is 10.5 Å². The average molecular weight is 260 g/mol. The fourth-order valence-corrected chi connectivity index (χ4v) is 1.78. The number of halogens is 1. The maximum atomic E-state index is 13.4. The van der Waals surface area contributed by atoms with E-state index in [2.05, 4.69) is 4.98 Å². The quantitative estimate of drug-likeness (QED) is 0.918. The molecule has 1 atom stereocenters. The summed E-state index contributed by atoms with van der Waals surface area (Å²) in [6, 6.07) is 6.72. The van der Waals surface area contributed by atoms with Crippen LogP contribution in [0.2, 0.25) is 0 Å². The fraction of sp³-hybridized carbons (Fsp3) is 0.267. The molecule has 0 aliphatic carbocycles. The van der Waals surface area contributed by atoms with Crippen molar-refractivity contribution < 1.29 is 9.13 Å². The lowest BCUT2D eigenvalue weighted by atomic mass is 10.1. The molecule has 2 rings (SSSR count). The van der Waals surface area contributed by atoms with E-state index in [1.807, 2.05) is 13.0 Å². The number of nitrogens with zero attached hydrogens (tertiary/aromatic N) is 1. The molecule has 1 aromatic carbocycles. The van der Waals surface area contributed by atoms with Gasteiger partial charge in [0.1, 0.15) is 17.3 Å². The molecule has 19 heavy (non-hydrogen) atoms. The molecule has 0 spiro atoms. The minimum absolute atomic E-state index is 0.0638. The second-order valence-corrected chi connectivity index (χ2v) is 4.72. The Kier molecular flexibility index (Phi) is 4.12. The maximum Gasteiger partial charge on any atom is 0.145 e. The van der Waals surface area contributed by atoms with Gasteiger partial charge in [-0.15, -0.1) is 0 Å². The molecular weight excluding hydrogens is 243 g/mol. The number of ether oxygens (including phenoxy) is 1. The van der Waals surface area contributed by atoms with E-state index in [0.717, 1.165) is 12.0 Å². The van der Waals surface area contributed by atoms with Gasteiger partial charge in [0.25, 0.3) is 0 Å². The van der Waals surface area contributed by atoms with Gasteiger partial charge >= 0.3 is 0 Å². The summed E-state index contributed by atoms with van der Waals surface area (Å²) >= 11 is 0. The Balaban J connectivity index is 2.16. The molecule has 0 radical (unpaired) electrons. The zero-order valence-electron chi connectivity index (χ0n) is 11.1. The minimum atomic E-state index is -0.280. The number of aromatic nitrogens is 1. The van der Waals surface area contributed by atoms with Crippen LogP contribution in [0.1, 0.15) is 18.1 Å². The van der Waals surface area contributed by atoms with Gasteiger partial charge < -0.3 is 10.5 Å². The fourth-order valence-electron chi connectivity index (χ4n) is 1.78. The summed E-state index contributed by atoms with van der Waals surface area (Å²) in [5.41, 5.74) is 7.34. The van der Waals surface area contributed by atoms with Gasteiger partial charge in [0.2, 0.25) is 0 Å². The van der Waals surface area contributed by atoms with Gasteiger partial charge in [-0.1, -0.05) is 6.07 Å². The first-order valence-corrected chi connectivity index (χ1v) is 6.18. The molecule has 2 N–H and O–H groups in total. The smallest absolute Gasteiger partial charge is 0.145 e. The molecular formula is C15H17FN2O. The monoisotopic (exact) mass is 260 g/mol. The molecule has 3 nitrogen and oxygen atoms in total. The summed E-state index contributed by atoms with van der Waals surface area (Å²) in [6.07, 6.45) is 4.08. The van der Waals surface area contributed by atoms with Crippen LogP contribution in [0.3, 0.4) is 0 Å². The lowest BCUT2D eigenvalue weighted by molar-refractivity contribution is 0.472. The number of benzene rings is 1. The summed E-state index contributed by atoms with van der Waals surface area (Å²) in [7, 11) is 0. The molecule has 0 amide bonds. The van der Waals surface area contributed by atoms with E-state index in [1.54, 1.807) is 31.5 Å². The summed E-state index contributed by atoms with van der Waals surface area (Å²) < 4.78 is 19.0. The zero-order chi connectivity index (χ0) is 13.8. The van der Waals surface area contributed by atoms with Crippen LogP contribution in [0, 0.1) is 12.7 Å². The van der Waals surface area contributed by atoms with Gasteiger partial charge in [0.05, 0.1) is 6.20 Å². The van der Waals surface area contributed by atoms with E-state index in [0.29, 0.717) is 17.1 Å². The highest BCUT2D eigenvalue weighted by molar-refractivity contribution is 5.33. The Bertz CT molecular complexity index is 570. The normalized spacial score (nSPS) is 12.2. The molecule has 1 heterocycles. The van der Waals surface area contributed by atoms with Crippen molar-refractivity contribution >= 4 is 0 Å². The molecule has 0 aliphatic rings. The van der Waals surface area contributed by atoms with Crippen molar-refractivity contribution in [2.75, 3.05) is 0 Å². The van der Waals surface area contributed by atoms with Crippen molar-refractivity contribution in [3.63, 3.8) is 0 Å². The first-order chi connectivity index (χ1) is 9.04. The topological polar surface area (TPSA) is 48.1 Å². The summed E-state index contributed by atoms with van der Waals surface area (Å²) in [4.78, 5) is 4.10. The van der Waals surface area contributed by atoms with Gasteiger partial charge in [0.15, 0.2) is 0 Å². The van der Waals surface area contributed by atoms with Gasteiger partial charge in [-0.2, -0.15) is 0 Å². The van der Waals surface area contributed by atoms with Crippen molar-refractivity contribution in [3.8, 4) is 11.5 Å². The average Bonchev–Trinajstić information content (AvgIpc) is 2.33. The van der Waals surface area contributed by atoms with Crippen LogP contribution in [0.4, 0.5) is 4.39 Å². The highest BCUT2D eigenvalue weighted by atomic mass is 19.1. The van der Waals surface area contributed by atoms with Crippen LogP contribution in [-0.2, 0) is 6.42 Å². The Morgan fingerprint density at radius 1 is 1.26 bits per heavy atom. The van der Waals surface area contributed by atoms with Crippen LogP contribution in [0.25, 0.3) is 0 Å². The van der Waals surface area contributed by atoms with Crippen LogP contribution in [0.15, 0.2) is 36.7 Å². The molecule has 0 saturated heterocycles. The van der Waals surface area contributed by atoms with Crippen LogP contribution in [0.5, 0.6) is 11.5 Å². The van der Waals surface area contributed by atoms with Crippen molar-refractivity contribution in [1.29, 1.82) is 0 Å². The molecule has 0 fully saturated rings. The number of nitrogens with two attached hydrogens (primary N) is 1. The Morgan fingerprint density at radius 3 is 2.74 bits per heavy atom. The predicted molar refractivity (Wildman–Crippen MR) is 72.8 cm³/mol. The largest absolute Gasteiger partial charge is 0.456 e. The van der Waals surface area contributed by atoms with Crippen molar-refractivity contribution in [2.24, 2.45) is 5.73 Å². The lowest BCUT2D eigenvalue weighted by Gasteiger charge is -2.09. The standard InChI is InChI=1S/C15H17FN2O/c1-10-3-4-13(7-15(10)16)19-14-6-12(5-11(2)17)8-18-9-14/h3-4,6-9,11H,5,17H2,1-2H3. The zero-order valence-corrected chi connectivity index (χ0v) is 11.1. The van der Waals surface area contributed by atoms with Crippen LogP contribution in [-0.4, -0.2) is 11.0 Å². The first-order valence-electron chi connectivity index (χ1n) is 6.18. The third kappa shape index (κ3) is 3.76. The number of hydrogen-bond acceptors (Lipinski definition) is 3. The highest BCUT2D eigenvalue weighted by Gasteiger charge is 2.04. The third-order valence-electron chi connectivity index (χ3n) is 2.71. The van der Waals surface area contributed by atoms with E-state index < -0.39 is 0 Å². The van der Waals surface area contributed by atoms with E-state index in [1.165, 1.54) is 6.07 Å². The van der Waals surface area contributed by atoms with Crippen LogP contribution >= 0.6 is 0 Å². The van der Waals surface area contributed by atoms with E-state index in [9.17, 15) is 4.39 Å². The number of pyridine rings is 1. The molecule has 1 aromatic heterocycles. The van der Waals surface area contributed by atoms with E-state index >= 15 is 0 Å². The molecule has 0 aliphatic heterocycles. The van der Waals surface area contributed by atoms with Crippen molar-refractivity contribution in [1.82, 2.24) is 4.98 Å². The predicted octanol–water partition coefficient (Wildman–Crippen LogP) is 3.21. The molecule has 4 heteroatoms. The molecule has 0 bridgehead atoms. The van der Waals surface area contributed by atoms with E-state index in [4.69, 9.17) is 10.5 Å². The maximum absolute atomic E-state index is 13.4. The number of aryl methyl sites for hydroxylation is 1. The second kappa shape index (κ2) is 5.80. The number of rotatable bonds is 4. The number of hydrogen-bond donors (Lipinski definition) is 1. The van der Waals surface area contributed by atoms with Gasteiger partial charge in [-0.05, 0) is 43.5 Å². The molecule has 1 unspecified atom stereocenters. The first kappa shape index (κ1) is 13.5. The highest BCUT2D eigenvalue weighted by Crippen LogP contribution is 2.23. The van der Waals surface area contributed by atoms with Gasteiger partial charge in [-0.25, -0.2) is 4.39 Å². The lowest BCUT2D eigenvalue weighted by Crippen LogP contribution is -2.17.